The van der Waals surface area contributed by atoms with Gasteiger partial charge in [0.15, 0.2) is 0 Å². The van der Waals surface area contributed by atoms with Gasteiger partial charge in [-0.15, -0.1) is 10.2 Å². The van der Waals surface area contributed by atoms with Gasteiger partial charge in [-0.25, -0.2) is 5.53 Å². The maximum Gasteiger partial charge on any atom is 0.142 e. The van der Waals surface area contributed by atoms with Crippen LogP contribution in [0.15, 0.2) is 5.10 Å². The summed E-state index contributed by atoms with van der Waals surface area (Å²) in [7, 11) is 0. The van der Waals surface area contributed by atoms with Crippen molar-refractivity contribution in [3.63, 3.8) is 0 Å². The fourth-order valence-corrected chi connectivity index (χ4v) is 1.08. The van der Waals surface area contributed by atoms with Gasteiger partial charge in [-0.3, -0.25) is 5.43 Å². The maximum absolute atomic E-state index is 5.37. The molecule has 5 nitrogen and oxygen atoms in total. The normalized spacial score (nSPS) is 24.3. The molecule has 1 aliphatic heterocycles. The van der Waals surface area contributed by atoms with Crippen LogP contribution in [0.3, 0.4) is 0 Å². The van der Waals surface area contributed by atoms with Gasteiger partial charge in [-0.05, 0) is 12.8 Å². The van der Waals surface area contributed by atoms with Crippen LogP contribution in [0, 0.1) is 5.92 Å². The molecule has 0 aromatic heterocycles. The quantitative estimate of drug-likeness (QED) is 0.489. The van der Waals surface area contributed by atoms with Crippen LogP contribution in [-0.2, 0) is 0 Å². The molecule has 0 aromatic rings. The predicted octanol–water partition coefficient (Wildman–Crippen LogP) is -1.01. The largest absolute Gasteiger partial charge is 0.329 e. The van der Waals surface area contributed by atoms with E-state index in [0.717, 1.165) is 12.4 Å². The van der Waals surface area contributed by atoms with Gasteiger partial charge in [0.05, 0.1) is 6.54 Å². The summed E-state index contributed by atoms with van der Waals surface area (Å²) in [6.07, 6.45) is 2.54. The lowest BCUT2D eigenvalue weighted by Gasteiger charge is -2.13. The Kier molecular flexibility index (Phi) is 1.67. The standard InChI is InChI=1S/C6H13N5/c7-3-4-11-9-6(8-10-11)5-1-2-5/h5,10H,1-4,7H2,(H,8,9). The van der Waals surface area contributed by atoms with E-state index in [1.165, 1.54) is 12.8 Å². The first-order valence-corrected chi connectivity index (χ1v) is 3.97. The lowest BCUT2D eigenvalue weighted by Crippen LogP contribution is -2.44. The van der Waals surface area contributed by atoms with Gasteiger partial charge >= 0.3 is 0 Å². The van der Waals surface area contributed by atoms with Gasteiger partial charge < -0.3 is 5.73 Å². The molecule has 1 fully saturated rings. The van der Waals surface area contributed by atoms with E-state index in [1.54, 1.807) is 0 Å². The average Bonchev–Trinajstić information content (AvgIpc) is 2.75. The molecule has 5 heteroatoms. The van der Waals surface area contributed by atoms with Crippen molar-refractivity contribution in [2.75, 3.05) is 13.1 Å². The summed E-state index contributed by atoms with van der Waals surface area (Å²) in [5.41, 5.74) is 11.4. The number of hydrogen-bond donors (Lipinski definition) is 3. The molecule has 62 valence electrons. The number of hydrazine groups is 2. The molecule has 0 bridgehead atoms. The molecule has 1 saturated carbocycles. The van der Waals surface area contributed by atoms with Crippen molar-refractivity contribution < 1.29 is 0 Å². The monoisotopic (exact) mass is 155 g/mol. The summed E-state index contributed by atoms with van der Waals surface area (Å²) in [6.45, 7) is 1.41. The van der Waals surface area contributed by atoms with Crippen molar-refractivity contribution in [2.24, 2.45) is 16.8 Å². The van der Waals surface area contributed by atoms with Gasteiger partial charge in [-0.2, -0.15) is 0 Å². The SMILES string of the molecule is NCCN1NN=C(C2CC2)N1. The van der Waals surface area contributed by atoms with Crippen LogP contribution in [0.2, 0.25) is 0 Å². The highest BCUT2D eigenvalue weighted by atomic mass is 15.9. The van der Waals surface area contributed by atoms with Gasteiger partial charge in [0.25, 0.3) is 0 Å². The molecule has 1 heterocycles. The summed E-state index contributed by atoms with van der Waals surface area (Å²) >= 11 is 0. The Balaban J connectivity index is 1.80. The topological polar surface area (TPSA) is 65.7 Å². The van der Waals surface area contributed by atoms with Crippen LogP contribution in [-0.4, -0.2) is 24.0 Å². The smallest absolute Gasteiger partial charge is 0.142 e. The van der Waals surface area contributed by atoms with Crippen molar-refractivity contribution in [3.05, 3.63) is 0 Å². The summed E-state index contributed by atoms with van der Waals surface area (Å²) < 4.78 is 0. The van der Waals surface area contributed by atoms with Gasteiger partial charge in [0.2, 0.25) is 0 Å². The minimum atomic E-state index is 0.632. The predicted molar refractivity (Wildman–Crippen MR) is 42.2 cm³/mol. The number of nitrogens with two attached hydrogens (primary N) is 1. The Morgan fingerprint density at radius 1 is 1.64 bits per heavy atom. The molecule has 0 saturated heterocycles. The molecule has 2 aliphatic rings. The zero-order chi connectivity index (χ0) is 7.68. The third kappa shape index (κ3) is 1.44. The zero-order valence-electron chi connectivity index (χ0n) is 6.38. The van der Waals surface area contributed by atoms with Crippen LogP contribution in [0.1, 0.15) is 12.8 Å². The Morgan fingerprint density at radius 3 is 3.09 bits per heavy atom. The minimum Gasteiger partial charge on any atom is -0.329 e. The molecule has 2 rings (SSSR count). The number of hydrazone groups is 1. The Hall–Kier alpha value is -0.810. The van der Waals surface area contributed by atoms with Crippen LogP contribution in [0.25, 0.3) is 0 Å². The van der Waals surface area contributed by atoms with Crippen LogP contribution >= 0.6 is 0 Å². The summed E-state index contributed by atoms with van der Waals surface area (Å²) in [5.74, 6) is 1.74. The van der Waals surface area contributed by atoms with E-state index in [1.807, 2.05) is 5.12 Å². The van der Waals surface area contributed by atoms with Crippen molar-refractivity contribution in [1.82, 2.24) is 16.1 Å². The van der Waals surface area contributed by atoms with Crippen molar-refractivity contribution in [1.29, 1.82) is 0 Å². The fourth-order valence-electron chi connectivity index (χ4n) is 1.08. The van der Waals surface area contributed by atoms with E-state index in [2.05, 4.69) is 16.1 Å². The van der Waals surface area contributed by atoms with Crippen LogP contribution in [0.4, 0.5) is 0 Å². The van der Waals surface area contributed by atoms with Crippen molar-refractivity contribution in [3.8, 4) is 0 Å². The summed E-state index contributed by atoms with van der Waals surface area (Å²) in [6, 6.07) is 0. The van der Waals surface area contributed by atoms with Crippen LogP contribution < -0.4 is 16.7 Å². The van der Waals surface area contributed by atoms with E-state index in [9.17, 15) is 0 Å². The first kappa shape index (κ1) is 6.87. The van der Waals surface area contributed by atoms with Crippen LogP contribution in [0.5, 0.6) is 0 Å². The minimum absolute atomic E-state index is 0.632. The maximum atomic E-state index is 5.37. The van der Waals surface area contributed by atoms with E-state index < -0.39 is 0 Å². The summed E-state index contributed by atoms with van der Waals surface area (Å²) in [5, 5.41) is 5.94. The van der Waals surface area contributed by atoms with E-state index in [-0.39, 0.29) is 0 Å². The van der Waals surface area contributed by atoms with E-state index in [0.29, 0.717) is 12.5 Å². The molecule has 11 heavy (non-hydrogen) atoms. The van der Waals surface area contributed by atoms with Gasteiger partial charge in [0, 0.05) is 12.5 Å². The molecular weight excluding hydrogens is 142 g/mol. The van der Waals surface area contributed by atoms with Crippen molar-refractivity contribution >= 4 is 5.84 Å². The molecule has 4 N–H and O–H groups in total. The van der Waals surface area contributed by atoms with Crippen molar-refractivity contribution in [2.45, 2.75) is 12.8 Å². The third-order valence-electron chi connectivity index (χ3n) is 1.86. The molecule has 0 aromatic carbocycles. The number of nitrogens with zero attached hydrogens (tertiary/aromatic N) is 2. The van der Waals surface area contributed by atoms with Gasteiger partial charge in [-0.1, -0.05) is 0 Å². The average molecular weight is 155 g/mol. The Morgan fingerprint density at radius 2 is 2.45 bits per heavy atom. The Bertz CT molecular complexity index is 174. The summed E-state index contributed by atoms with van der Waals surface area (Å²) in [4.78, 5) is 0. The lowest BCUT2D eigenvalue weighted by atomic mass is 10.4. The third-order valence-corrected chi connectivity index (χ3v) is 1.86. The number of amidine groups is 1. The highest BCUT2D eigenvalue weighted by Crippen LogP contribution is 2.30. The molecule has 0 amide bonds. The highest BCUT2D eigenvalue weighted by Gasteiger charge is 2.31. The van der Waals surface area contributed by atoms with E-state index >= 15 is 0 Å². The molecule has 0 atom stereocenters. The molecule has 0 unspecified atom stereocenters. The first-order valence-electron chi connectivity index (χ1n) is 3.97. The molecule has 1 aliphatic carbocycles. The molecule has 0 spiro atoms. The highest BCUT2D eigenvalue weighted by molar-refractivity contribution is 5.86. The second-order valence-corrected chi connectivity index (χ2v) is 2.92. The first-order chi connectivity index (χ1) is 5.40. The Labute approximate surface area is 65.6 Å². The lowest BCUT2D eigenvalue weighted by molar-refractivity contribution is 0.185. The molecule has 0 radical (unpaired) electrons. The second-order valence-electron chi connectivity index (χ2n) is 2.92. The van der Waals surface area contributed by atoms with E-state index in [4.69, 9.17) is 5.73 Å². The zero-order valence-corrected chi connectivity index (χ0v) is 6.38. The number of hydrogen-bond acceptors (Lipinski definition) is 5. The number of rotatable bonds is 3. The van der Waals surface area contributed by atoms with Gasteiger partial charge in [0.1, 0.15) is 5.84 Å². The second kappa shape index (κ2) is 2.67. The number of nitrogens with one attached hydrogen (secondary N) is 2. The molecular formula is C6H13N5. The fraction of sp³-hybridized carbons (Fsp3) is 0.833.